The Morgan fingerprint density at radius 2 is 1.95 bits per heavy atom. The van der Waals surface area contributed by atoms with Gasteiger partial charge in [-0.2, -0.15) is 0 Å². The lowest BCUT2D eigenvalue weighted by Gasteiger charge is -2.45. The molecule has 0 radical (unpaired) electrons. The molecular formula is C18H24N2O2. The Morgan fingerprint density at radius 1 is 1.23 bits per heavy atom. The van der Waals surface area contributed by atoms with E-state index < -0.39 is 0 Å². The maximum atomic E-state index is 11.6. The molecule has 2 saturated heterocycles. The Bertz CT molecular complexity index is 559. The van der Waals surface area contributed by atoms with E-state index in [-0.39, 0.29) is 5.54 Å². The van der Waals surface area contributed by atoms with E-state index in [2.05, 4.69) is 10.2 Å². The minimum Gasteiger partial charge on any atom is -0.508 e. The first-order chi connectivity index (χ1) is 10.6. The molecule has 1 spiro atoms. The Balaban J connectivity index is 1.53. The van der Waals surface area contributed by atoms with Gasteiger partial charge in [-0.15, -0.1) is 0 Å². The highest BCUT2D eigenvalue weighted by atomic mass is 16.3. The van der Waals surface area contributed by atoms with Gasteiger partial charge in [-0.05, 0) is 43.4 Å². The molecule has 2 bridgehead atoms. The number of phenols is 1. The number of nitrogens with zero attached hydrogens (tertiary/aromatic N) is 1. The lowest BCUT2D eigenvalue weighted by atomic mass is 9.78. The zero-order chi connectivity index (χ0) is 15.2. The standard InChI is InChI=1S/C18H24N2O2/c21-16-3-1-13(2-4-16)9-15-11-19-14-10-18(20(15)12-14)7-5-17(22)6-8-18/h1-4,14-15,19,21H,5-12H2/t14-,15-/m0/s1. The van der Waals surface area contributed by atoms with Gasteiger partial charge in [-0.1, -0.05) is 12.1 Å². The second-order valence-electron chi connectivity index (χ2n) is 7.25. The average Bonchev–Trinajstić information content (AvgIpc) is 2.81. The summed E-state index contributed by atoms with van der Waals surface area (Å²) in [6, 6.07) is 8.69. The largest absolute Gasteiger partial charge is 0.508 e. The molecule has 1 aliphatic carbocycles. The van der Waals surface area contributed by atoms with Crippen molar-refractivity contribution in [3.05, 3.63) is 29.8 Å². The van der Waals surface area contributed by atoms with Crippen molar-refractivity contribution < 1.29 is 9.90 Å². The highest BCUT2D eigenvalue weighted by Crippen LogP contribution is 2.44. The molecule has 4 heteroatoms. The van der Waals surface area contributed by atoms with E-state index in [0.717, 1.165) is 45.2 Å². The van der Waals surface area contributed by atoms with Gasteiger partial charge in [-0.25, -0.2) is 0 Å². The molecule has 0 amide bonds. The van der Waals surface area contributed by atoms with Crippen molar-refractivity contribution in [3.63, 3.8) is 0 Å². The molecule has 1 unspecified atom stereocenters. The summed E-state index contributed by atoms with van der Waals surface area (Å²) in [4.78, 5) is 14.3. The minimum absolute atomic E-state index is 0.254. The second-order valence-corrected chi connectivity index (χ2v) is 7.25. The van der Waals surface area contributed by atoms with Crippen molar-refractivity contribution in [2.24, 2.45) is 0 Å². The summed E-state index contributed by atoms with van der Waals surface area (Å²) in [5.74, 6) is 0.769. The minimum atomic E-state index is 0.254. The predicted octanol–water partition coefficient (Wildman–Crippen LogP) is 1.86. The van der Waals surface area contributed by atoms with Crippen LogP contribution in [0.15, 0.2) is 24.3 Å². The smallest absolute Gasteiger partial charge is 0.133 e. The van der Waals surface area contributed by atoms with Crippen LogP contribution in [0.2, 0.25) is 0 Å². The van der Waals surface area contributed by atoms with Crippen LogP contribution in [0.5, 0.6) is 5.75 Å². The van der Waals surface area contributed by atoms with Crippen molar-refractivity contribution >= 4 is 5.78 Å². The molecule has 1 saturated carbocycles. The quantitative estimate of drug-likeness (QED) is 0.875. The third-order valence-corrected chi connectivity index (χ3v) is 5.88. The second kappa shape index (κ2) is 5.36. The van der Waals surface area contributed by atoms with Crippen LogP contribution >= 0.6 is 0 Å². The number of ketones is 1. The van der Waals surface area contributed by atoms with Crippen LogP contribution in [0.25, 0.3) is 0 Å². The molecule has 118 valence electrons. The fraction of sp³-hybridized carbons (Fsp3) is 0.611. The first-order valence-electron chi connectivity index (χ1n) is 8.44. The van der Waals surface area contributed by atoms with Crippen LogP contribution in [0.1, 0.15) is 37.7 Å². The van der Waals surface area contributed by atoms with E-state index in [4.69, 9.17) is 0 Å². The van der Waals surface area contributed by atoms with Crippen LogP contribution in [-0.4, -0.2) is 46.5 Å². The number of hydrogen-bond acceptors (Lipinski definition) is 4. The number of nitrogens with one attached hydrogen (secondary N) is 1. The van der Waals surface area contributed by atoms with Gasteiger partial charge in [0.15, 0.2) is 0 Å². The molecule has 4 nitrogen and oxygen atoms in total. The number of aromatic hydroxyl groups is 1. The van der Waals surface area contributed by atoms with Crippen molar-refractivity contribution in [3.8, 4) is 5.75 Å². The van der Waals surface area contributed by atoms with Crippen LogP contribution in [0, 0.1) is 0 Å². The molecule has 2 heterocycles. The lowest BCUT2D eigenvalue weighted by Crippen LogP contribution is -2.57. The molecule has 1 aromatic carbocycles. The first-order valence-corrected chi connectivity index (χ1v) is 8.44. The Kier molecular flexibility index (Phi) is 3.46. The Hall–Kier alpha value is -1.39. The third kappa shape index (κ3) is 2.44. The molecule has 3 atom stereocenters. The molecule has 3 aliphatic rings. The summed E-state index contributed by atoms with van der Waals surface area (Å²) in [5.41, 5.74) is 1.53. The number of phenolic OH excluding ortho intramolecular Hbond substituents is 1. The van der Waals surface area contributed by atoms with Crippen LogP contribution in [-0.2, 0) is 11.2 Å². The maximum absolute atomic E-state index is 11.6. The van der Waals surface area contributed by atoms with Crippen molar-refractivity contribution in [1.29, 1.82) is 0 Å². The zero-order valence-electron chi connectivity index (χ0n) is 12.9. The molecule has 0 aromatic heterocycles. The van der Waals surface area contributed by atoms with Gasteiger partial charge in [0.25, 0.3) is 0 Å². The van der Waals surface area contributed by atoms with Gasteiger partial charge < -0.3 is 10.4 Å². The predicted molar refractivity (Wildman–Crippen MR) is 84.9 cm³/mol. The average molecular weight is 300 g/mol. The van der Waals surface area contributed by atoms with Gasteiger partial charge in [-0.3, -0.25) is 9.69 Å². The zero-order valence-corrected chi connectivity index (χ0v) is 12.9. The molecule has 22 heavy (non-hydrogen) atoms. The molecule has 2 aliphatic heterocycles. The number of benzene rings is 1. The number of fused-ring (bicyclic) bond motifs is 3. The molecule has 1 aromatic rings. The normalized spacial score (nSPS) is 33.3. The number of Topliss-reactive ketones (excluding diaryl/α,β-unsaturated/α-hetero) is 1. The highest BCUT2D eigenvalue weighted by molar-refractivity contribution is 5.79. The number of piperazine rings is 1. The third-order valence-electron chi connectivity index (χ3n) is 5.88. The molecule has 4 rings (SSSR count). The van der Waals surface area contributed by atoms with Crippen molar-refractivity contribution in [2.75, 3.05) is 13.1 Å². The summed E-state index contributed by atoms with van der Waals surface area (Å²) in [5, 5.41) is 13.1. The van der Waals surface area contributed by atoms with E-state index in [1.165, 1.54) is 12.0 Å². The van der Waals surface area contributed by atoms with E-state index in [1.54, 1.807) is 12.1 Å². The molecule has 2 N–H and O–H groups in total. The highest BCUT2D eigenvalue weighted by Gasteiger charge is 2.51. The fourth-order valence-electron chi connectivity index (χ4n) is 4.73. The van der Waals surface area contributed by atoms with Gasteiger partial charge in [0.1, 0.15) is 11.5 Å². The summed E-state index contributed by atoms with van der Waals surface area (Å²) >= 11 is 0. The number of rotatable bonds is 2. The van der Waals surface area contributed by atoms with Crippen LogP contribution in [0.4, 0.5) is 0 Å². The molecular weight excluding hydrogens is 276 g/mol. The van der Waals surface area contributed by atoms with E-state index >= 15 is 0 Å². The van der Waals surface area contributed by atoms with Crippen molar-refractivity contribution in [2.45, 2.75) is 56.1 Å². The van der Waals surface area contributed by atoms with Crippen LogP contribution < -0.4 is 5.32 Å². The summed E-state index contributed by atoms with van der Waals surface area (Å²) in [6.07, 6.45) is 5.80. The Morgan fingerprint density at radius 3 is 2.68 bits per heavy atom. The number of carbonyl (C=O) groups is 1. The van der Waals surface area contributed by atoms with Gasteiger partial charge in [0.2, 0.25) is 0 Å². The van der Waals surface area contributed by atoms with E-state index in [1.807, 2.05) is 12.1 Å². The Labute approximate surface area is 131 Å². The van der Waals surface area contributed by atoms with E-state index in [9.17, 15) is 9.90 Å². The van der Waals surface area contributed by atoms with Crippen molar-refractivity contribution in [1.82, 2.24) is 10.2 Å². The van der Waals surface area contributed by atoms with E-state index in [0.29, 0.717) is 23.6 Å². The monoisotopic (exact) mass is 300 g/mol. The topological polar surface area (TPSA) is 52.6 Å². The van der Waals surface area contributed by atoms with Gasteiger partial charge in [0.05, 0.1) is 0 Å². The fourth-order valence-corrected chi connectivity index (χ4v) is 4.73. The number of carbonyl (C=O) groups excluding carboxylic acids is 1. The van der Waals surface area contributed by atoms with Crippen LogP contribution in [0.3, 0.4) is 0 Å². The maximum Gasteiger partial charge on any atom is 0.133 e. The number of hydrogen-bond donors (Lipinski definition) is 2. The van der Waals surface area contributed by atoms with Gasteiger partial charge >= 0.3 is 0 Å². The lowest BCUT2D eigenvalue weighted by molar-refractivity contribution is -0.123. The summed E-state index contributed by atoms with van der Waals surface area (Å²) < 4.78 is 0. The summed E-state index contributed by atoms with van der Waals surface area (Å²) in [7, 11) is 0. The molecule has 3 fully saturated rings. The SMILES string of the molecule is O=C1CCC2(CC1)C[C@H]1CN2[C@@H](Cc2ccc(O)cc2)CN1. The van der Waals surface area contributed by atoms with Gasteiger partial charge in [0, 0.05) is 43.6 Å². The first kappa shape index (κ1) is 14.2. The summed E-state index contributed by atoms with van der Waals surface area (Å²) in [6.45, 7) is 2.15.